The van der Waals surface area contributed by atoms with Crippen molar-refractivity contribution in [2.24, 2.45) is 5.73 Å². The van der Waals surface area contributed by atoms with E-state index in [1.54, 1.807) is 0 Å². The average molecular weight is 349 g/mol. The molecule has 0 bridgehead atoms. The molecule has 0 aromatic heterocycles. The van der Waals surface area contributed by atoms with Gasteiger partial charge in [0.15, 0.2) is 0 Å². The van der Waals surface area contributed by atoms with Crippen LogP contribution in [0.1, 0.15) is 12.8 Å². The second-order valence-electron chi connectivity index (χ2n) is 3.90. The van der Waals surface area contributed by atoms with Crippen LogP contribution in [0, 0.1) is 0 Å². The zero-order valence-corrected chi connectivity index (χ0v) is 11.4. The molecule has 0 rings (SSSR count). The number of aliphatic carboxylic acids is 2. The first kappa shape index (κ1) is 22.7. The molecule has 2 unspecified atom stereocenters. The van der Waals surface area contributed by atoms with Crippen molar-refractivity contribution in [3.8, 4) is 0 Å². The second kappa shape index (κ2) is 12.0. The number of carbonyl (C=O) groups is 4. The summed E-state index contributed by atoms with van der Waals surface area (Å²) in [4.78, 5) is 43.7. The molecule has 118 valence electrons. The van der Waals surface area contributed by atoms with Gasteiger partial charge in [0.25, 0.3) is 0 Å². The number of carbonyl (C=O) groups excluding carboxylic acids is 2. The van der Waals surface area contributed by atoms with Crippen molar-refractivity contribution >= 4 is 74.1 Å². The van der Waals surface area contributed by atoms with E-state index in [1.807, 2.05) is 0 Å². The molecule has 21 heavy (non-hydrogen) atoms. The van der Waals surface area contributed by atoms with Gasteiger partial charge in [0.05, 0.1) is 0 Å². The Hall–Kier alpha value is -0.550. The monoisotopic (exact) mass is 349 g/mol. The second-order valence-corrected chi connectivity index (χ2v) is 4.26. The minimum absolute atomic E-state index is 0. The summed E-state index contributed by atoms with van der Waals surface area (Å²) < 4.78 is 0. The molecule has 0 saturated heterocycles. The number of rotatable bonds is 9. The third kappa shape index (κ3) is 10.8. The molecular weight excluding hydrogens is 330 g/mol. The van der Waals surface area contributed by atoms with E-state index in [4.69, 9.17) is 15.9 Å². The number of amides is 2. The van der Waals surface area contributed by atoms with Crippen molar-refractivity contribution in [3.05, 3.63) is 0 Å². The van der Waals surface area contributed by atoms with E-state index >= 15 is 0 Å². The number of hydrogen-bond donors (Lipinski definition) is 6. The van der Waals surface area contributed by atoms with Crippen molar-refractivity contribution in [2.75, 3.05) is 12.3 Å². The van der Waals surface area contributed by atoms with E-state index < -0.39 is 42.4 Å². The average Bonchev–Trinajstić information content (AvgIpc) is 2.38. The molecule has 0 radical (unpaired) electrons. The number of nitrogens with two attached hydrogens (primary N) is 1. The SMILES string of the molecule is NC(CCC(=O)NC(CS)C(=O)NCC(=O)O)C(=O)O.[CaH2]. The summed E-state index contributed by atoms with van der Waals surface area (Å²) in [5, 5.41) is 21.4. The number of thiol groups is 1. The van der Waals surface area contributed by atoms with Crippen LogP contribution >= 0.6 is 12.6 Å². The number of hydrogen-bond acceptors (Lipinski definition) is 6. The van der Waals surface area contributed by atoms with Crippen LogP contribution in [-0.4, -0.2) is 96.1 Å². The first-order valence-corrected chi connectivity index (χ1v) is 6.29. The zero-order valence-electron chi connectivity index (χ0n) is 10.5. The van der Waals surface area contributed by atoms with Gasteiger partial charge in [-0.25, -0.2) is 0 Å². The Morgan fingerprint density at radius 1 is 1.19 bits per heavy atom. The van der Waals surface area contributed by atoms with Crippen LogP contribution in [0.15, 0.2) is 0 Å². The molecule has 2 atom stereocenters. The molecule has 0 aliphatic heterocycles. The van der Waals surface area contributed by atoms with E-state index in [2.05, 4.69) is 23.3 Å². The topological polar surface area (TPSA) is 159 Å². The van der Waals surface area contributed by atoms with Crippen LogP contribution in [0.3, 0.4) is 0 Å². The van der Waals surface area contributed by atoms with Gasteiger partial charge in [-0.05, 0) is 6.42 Å². The first-order chi connectivity index (χ1) is 9.27. The van der Waals surface area contributed by atoms with E-state index in [1.165, 1.54) is 0 Å². The predicted molar refractivity (Wildman–Crippen MR) is 79.8 cm³/mol. The van der Waals surface area contributed by atoms with Gasteiger partial charge in [0, 0.05) is 12.2 Å². The molecule has 0 fully saturated rings. The molecule has 0 aromatic carbocycles. The summed E-state index contributed by atoms with van der Waals surface area (Å²) in [5.41, 5.74) is 5.23. The first-order valence-electron chi connectivity index (χ1n) is 5.66. The molecule has 0 spiro atoms. The Labute approximate surface area is 156 Å². The standard InChI is InChI=1S/C10H17N3O6S.Ca.2H/c11-5(10(18)19)1-2-7(14)13-6(4-20)9(17)12-3-8(15)16;;;/h5-6,20H,1-4,11H2,(H,12,17)(H,13,14)(H,15,16)(H,18,19);;;. The Balaban J connectivity index is 0. The molecule has 2 amide bonds. The fourth-order valence-corrected chi connectivity index (χ4v) is 1.41. The predicted octanol–water partition coefficient (Wildman–Crippen LogP) is -3.12. The minimum atomic E-state index is -1.22. The fourth-order valence-electron chi connectivity index (χ4n) is 1.16. The maximum absolute atomic E-state index is 11.5. The van der Waals surface area contributed by atoms with Crippen molar-refractivity contribution in [1.29, 1.82) is 0 Å². The van der Waals surface area contributed by atoms with Gasteiger partial charge in [-0.15, -0.1) is 0 Å². The summed E-state index contributed by atoms with van der Waals surface area (Å²) in [6, 6.07) is -2.15. The zero-order chi connectivity index (χ0) is 15.7. The quantitative estimate of drug-likeness (QED) is 0.190. The molecule has 6 N–H and O–H groups in total. The van der Waals surface area contributed by atoms with Crippen molar-refractivity contribution in [2.45, 2.75) is 24.9 Å². The van der Waals surface area contributed by atoms with Crippen molar-refractivity contribution < 1.29 is 29.4 Å². The Morgan fingerprint density at radius 3 is 2.19 bits per heavy atom. The summed E-state index contributed by atoms with van der Waals surface area (Å²) in [6.45, 7) is -0.567. The normalized spacial score (nSPS) is 12.5. The van der Waals surface area contributed by atoms with Gasteiger partial charge in [0.2, 0.25) is 11.8 Å². The van der Waals surface area contributed by atoms with E-state index in [0.29, 0.717) is 0 Å². The van der Waals surface area contributed by atoms with Crippen LogP contribution < -0.4 is 16.4 Å². The van der Waals surface area contributed by atoms with E-state index in [9.17, 15) is 19.2 Å². The molecular formula is C10H19CaN3O6S. The van der Waals surface area contributed by atoms with Gasteiger partial charge in [0.1, 0.15) is 18.6 Å². The third-order valence-electron chi connectivity index (χ3n) is 2.25. The molecule has 0 heterocycles. The molecule has 0 saturated carbocycles. The Morgan fingerprint density at radius 2 is 1.76 bits per heavy atom. The molecule has 9 nitrogen and oxygen atoms in total. The van der Waals surface area contributed by atoms with Gasteiger partial charge in [-0.2, -0.15) is 12.6 Å². The molecule has 0 aromatic rings. The summed E-state index contributed by atoms with van der Waals surface area (Å²) >= 11 is 3.87. The summed E-state index contributed by atoms with van der Waals surface area (Å²) in [6.07, 6.45) is -0.235. The summed E-state index contributed by atoms with van der Waals surface area (Å²) in [7, 11) is 0. The Bertz CT molecular complexity index is 395. The fraction of sp³-hybridized carbons (Fsp3) is 0.600. The molecule has 0 aliphatic rings. The van der Waals surface area contributed by atoms with Gasteiger partial charge in [-0.3, -0.25) is 19.2 Å². The van der Waals surface area contributed by atoms with Gasteiger partial charge >= 0.3 is 49.7 Å². The maximum atomic E-state index is 11.5. The van der Waals surface area contributed by atoms with Gasteiger partial charge in [-0.1, -0.05) is 0 Å². The summed E-state index contributed by atoms with van der Waals surface area (Å²) in [5.74, 6) is -3.70. The van der Waals surface area contributed by atoms with Crippen molar-refractivity contribution in [1.82, 2.24) is 10.6 Å². The molecule has 0 aliphatic carbocycles. The number of carboxylic acids is 2. The molecule has 11 heteroatoms. The van der Waals surface area contributed by atoms with Crippen molar-refractivity contribution in [3.63, 3.8) is 0 Å². The Kier molecular flexibility index (Phi) is 13.0. The van der Waals surface area contributed by atoms with E-state index in [0.717, 1.165) is 0 Å². The number of carboxylic acid groups (broad SMARTS) is 2. The third-order valence-corrected chi connectivity index (χ3v) is 2.61. The van der Waals surface area contributed by atoms with Crippen LogP contribution in [-0.2, 0) is 19.2 Å². The van der Waals surface area contributed by atoms with E-state index in [-0.39, 0.29) is 56.3 Å². The van der Waals surface area contributed by atoms with Gasteiger partial charge < -0.3 is 26.6 Å². The number of nitrogens with one attached hydrogen (secondary N) is 2. The van der Waals surface area contributed by atoms with Crippen LogP contribution in [0.25, 0.3) is 0 Å². The van der Waals surface area contributed by atoms with Crippen LogP contribution in [0.2, 0.25) is 0 Å². The van der Waals surface area contributed by atoms with Crippen LogP contribution in [0.5, 0.6) is 0 Å². The van der Waals surface area contributed by atoms with Crippen LogP contribution in [0.4, 0.5) is 0 Å².